The molecule has 0 N–H and O–H groups in total. The van der Waals surface area contributed by atoms with E-state index in [-0.39, 0.29) is 19.0 Å². The number of hydrogen-bond donors (Lipinski definition) is 0. The van der Waals surface area contributed by atoms with Crippen LogP contribution in [-0.2, 0) is 23.2 Å². The highest BCUT2D eigenvalue weighted by Crippen LogP contribution is 2.60. The minimum absolute atomic E-state index is 0.00967. The van der Waals surface area contributed by atoms with Crippen LogP contribution in [0.3, 0.4) is 0 Å². The summed E-state index contributed by atoms with van der Waals surface area (Å²) in [6.07, 6.45) is -0.251. The van der Waals surface area contributed by atoms with E-state index in [0.717, 1.165) is 0 Å². The lowest BCUT2D eigenvalue weighted by Gasteiger charge is -2.48. The average molecular weight is 379 g/mol. The van der Waals surface area contributed by atoms with Crippen LogP contribution in [0.1, 0.15) is 75.7 Å². The summed E-state index contributed by atoms with van der Waals surface area (Å²) >= 11 is 0. The van der Waals surface area contributed by atoms with Gasteiger partial charge in [-0.1, -0.05) is 27.7 Å². The molecule has 25 heavy (non-hydrogen) atoms. The maximum atomic E-state index is 13.6. The molecule has 6 nitrogen and oxygen atoms in total. The second-order valence-corrected chi connectivity index (χ2v) is 10.3. The van der Waals surface area contributed by atoms with Crippen LogP contribution in [0, 0.1) is 5.41 Å². The third-order valence-electron chi connectivity index (χ3n) is 3.65. The SMILES string of the molecule is CCOP(=O)(OCC)C(N(OC(C)C(=O)CC)C(C)(C)C)C(C)(C)C. The highest BCUT2D eigenvalue weighted by atomic mass is 31.2. The first kappa shape index (κ1) is 24.7. The van der Waals surface area contributed by atoms with Crippen LogP contribution in [0.5, 0.6) is 0 Å². The number of hydroxylamine groups is 2. The molecule has 0 aliphatic rings. The second kappa shape index (κ2) is 9.61. The Morgan fingerprint density at radius 3 is 1.72 bits per heavy atom. The fourth-order valence-electron chi connectivity index (χ4n) is 2.59. The van der Waals surface area contributed by atoms with Gasteiger partial charge in [0.1, 0.15) is 11.9 Å². The molecule has 2 unspecified atom stereocenters. The van der Waals surface area contributed by atoms with Gasteiger partial charge in [-0.05, 0) is 47.0 Å². The van der Waals surface area contributed by atoms with Crippen molar-refractivity contribution in [2.75, 3.05) is 13.2 Å². The molecular weight excluding hydrogens is 341 g/mol. The lowest BCUT2D eigenvalue weighted by Crippen LogP contribution is -2.55. The molecule has 2 atom stereocenters. The molecule has 0 amide bonds. The number of nitrogens with zero attached hydrogens (tertiary/aromatic N) is 1. The topological polar surface area (TPSA) is 65.1 Å². The summed E-state index contributed by atoms with van der Waals surface area (Å²) in [4.78, 5) is 18.1. The molecule has 0 fully saturated rings. The Morgan fingerprint density at radius 1 is 1.00 bits per heavy atom. The number of rotatable bonds is 10. The zero-order chi connectivity index (χ0) is 20.1. The van der Waals surface area contributed by atoms with Gasteiger partial charge in [-0.25, -0.2) is 0 Å². The summed E-state index contributed by atoms with van der Waals surface area (Å²) in [7, 11) is -3.51. The number of ketones is 1. The maximum Gasteiger partial charge on any atom is 0.350 e. The Balaban J connectivity index is 6.13. The summed E-state index contributed by atoms with van der Waals surface area (Å²) < 4.78 is 24.9. The lowest BCUT2D eigenvalue weighted by atomic mass is 9.94. The van der Waals surface area contributed by atoms with Crippen molar-refractivity contribution < 1.29 is 23.2 Å². The molecule has 0 saturated heterocycles. The zero-order valence-corrected chi connectivity index (χ0v) is 18.6. The normalized spacial score (nSPS) is 16.1. The van der Waals surface area contributed by atoms with E-state index in [9.17, 15) is 9.36 Å². The van der Waals surface area contributed by atoms with Crippen molar-refractivity contribution in [1.29, 1.82) is 0 Å². The first-order valence-electron chi connectivity index (χ1n) is 9.12. The summed E-state index contributed by atoms with van der Waals surface area (Å²) in [5.74, 6) is -0.670. The van der Waals surface area contributed by atoms with Crippen molar-refractivity contribution >= 4 is 13.4 Å². The average Bonchev–Trinajstić information content (AvgIpc) is 2.43. The fourth-order valence-corrected chi connectivity index (χ4v) is 5.28. The Labute approximate surface area is 154 Å². The highest BCUT2D eigenvalue weighted by molar-refractivity contribution is 7.54. The molecule has 0 aliphatic heterocycles. The van der Waals surface area contributed by atoms with E-state index in [1.54, 1.807) is 32.8 Å². The van der Waals surface area contributed by atoms with Gasteiger partial charge in [-0.2, -0.15) is 5.06 Å². The zero-order valence-electron chi connectivity index (χ0n) is 17.7. The van der Waals surface area contributed by atoms with Crippen LogP contribution in [-0.4, -0.2) is 41.5 Å². The van der Waals surface area contributed by atoms with Crippen LogP contribution in [0.25, 0.3) is 0 Å². The number of Topliss-reactive ketones (excluding diaryl/α,β-unsaturated/α-hetero) is 1. The monoisotopic (exact) mass is 379 g/mol. The van der Waals surface area contributed by atoms with Crippen molar-refractivity contribution in [3.63, 3.8) is 0 Å². The van der Waals surface area contributed by atoms with Crippen molar-refractivity contribution in [1.82, 2.24) is 5.06 Å². The van der Waals surface area contributed by atoms with Crippen molar-refractivity contribution in [2.24, 2.45) is 5.41 Å². The minimum atomic E-state index is -3.51. The Kier molecular flexibility index (Phi) is 9.51. The van der Waals surface area contributed by atoms with E-state index in [4.69, 9.17) is 13.9 Å². The van der Waals surface area contributed by atoms with Crippen LogP contribution < -0.4 is 0 Å². The summed E-state index contributed by atoms with van der Waals surface area (Å²) in [5.41, 5.74) is -0.980. The van der Waals surface area contributed by atoms with Crippen LogP contribution in [0.15, 0.2) is 0 Å². The predicted molar refractivity (Wildman–Crippen MR) is 102 cm³/mol. The van der Waals surface area contributed by atoms with Gasteiger partial charge >= 0.3 is 7.60 Å². The predicted octanol–water partition coefficient (Wildman–Crippen LogP) is 5.02. The molecule has 0 saturated carbocycles. The van der Waals surface area contributed by atoms with E-state index in [1.807, 2.05) is 41.5 Å². The van der Waals surface area contributed by atoms with Gasteiger partial charge in [0.2, 0.25) is 0 Å². The molecule has 0 aromatic heterocycles. The lowest BCUT2D eigenvalue weighted by molar-refractivity contribution is -0.257. The molecule has 0 aromatic carbocycles. The third kappa shape index (κ3) is 7.10. The Bertz CT molecular complexity index is 457. The van der Waals surface area contributed by atoms with E-state index in [1.165, 1.54) is 0 Å². The molecule has 0 heterocycles. The smallest absolute Gasteiger partial charge is 0.308 e. The second-order valence-electron chi connectivity index (χ2n) is 8.18. The first-order chi connectivity index (χ1) is 11.2. The first-order valence-corrected chi connectivity index (χ1v) is 10.7. The van der Waals surface area contributed by atoms with Gasteiger partial charge in [-0.15, -0.1) is 0 Å². The highest BCUT2D eigenvalue weighted by Gasteiger charge is 2.51. The van der Waals surface area contributed by atoms with Crippen molar-refractivity contribution in [3.8, 4) is 0 Å². The summed E-state index contributed by atoms with van der Waals surface area (Å²) in [6, 6.07) is 0. The van der Waals surface area contributed by atoms with E-state index in [2.05, 4.69) is 0 Å². The number of hydrogen-bond acceptors (Lipinski definition) is 6. The van der Waals surface area contributed by atoms with Crippen LogP contribution >= 0.6 is 7.60 Å². The molecule has 0 bridgehead atoms. The standard InChI is InChI=1S/C18H38NO5P/c1-11-15(20)14(4)24-19(18(8,9)10)16(17(5,6)7)25(21,22-12-2)23-13-3/h14,16H,11-13H2,1-10H3. The van der Waals surface area contributed by atoms with Crippen LogP contribution in [0.2, 0.25) is 0 Å². The summed E-state index contributed by atoms with van der Waals surface area (Å²) in [5, 5.41) is 1.65. The van der Waals surface area contributed by atoms with Gasteiger partial charge in [0.05, 0.1) is 13.2 Å². The third-order valence-corrected chi connectivity index (χ3v) is 6.47. The molecule has 0 rings (SSSR count). The largest absolute Gasteiger partial charge is 0.350 e. The molecule has 7 heteroatoms. The molecule has 0 aliphatic carbocycles. The van der Waals surface area contributed by atoms with Gasteiger partial charge in [0, 0.05) is 12.0 Å². The molecular formula is C18H38NO5P. The van der Waals surface area contributed by atoms with E-state index >= 15 is 0 Å². The number of carbonyl (C=O) groups excluding carboxylic acids is 1. The maximum absolute atomic E-state index is 13.6. The van der Waals surface area contributed by atoms with Crippen molar-refractivity contribution in [2.45, 2.75) is 93.1 Å². The van der Waals surface area contributed by atoms with Gasteiger partial charge in [0.25, 0.3) is 0 Å². The quantitative estimate of drug-likeness (QED) is 0.392. The molecule has 0 spiro atoms. The molecule has 0 radical (unpaired) electrons. The van der Waals surface area contributed by atoms with Gasteiger partial charge < -0.3 is 9.05 Å². The van der Waals surface area contributed by atoms with Crippen LogP contribution in [0.4, 0.5) is 0 Å². The Morgan fingerprint density at radius 2 is 1.44 bits per heavy atom. The van der Waals surface area contributed by atoms with Crippen molar-refractivity contribution in [3.05, 3.63) is 0 Å². The van der Waals surface area contributed by atoms with Gasteiger partial charge in [-0.3, -0.25) is 14.2 Å². The number of carbonyl (C=O) groups is 1. The molecule has 150 valence electrons. The Hall–Kier alpha value is -0.260. The minimum Gasteiger partial charge on any atom is -0.308 e. The summed E-state index contributed by atoms with van der Waals surface area (Å²) in [6.45, 7) is 19.4. The van der Waals surface area contributed by atoms with E-state index in [0.29, 0.717) is 6.42 Å². The van der Waals surface area contributed by atoms with Gasteiger partial charge in [0.15, 0.2) is 5.78 Å². The van der Waals surface area contributed by atoms with E-state index < -0.39 is 30.4 Å². The molecule has 0 aromatic rings. The fraction of sp³-hybridized carbons (Fsp3) is 0.944.